The van der Waals surface area contributed by atoms with Crippen LogP contribution in [0, 0.1) is 0 Å². The zero-order chi connectivity index (χ0) is 12.5. The molecule has 0 saturated carbocycles. The van der Waals surface area contributed by atoms with Gasteiger partial charge < -0.3 is 4.90 Å². The van der Waals surface area contributed by atoms with E-state index in [4.69, 9.17) is 0 Å². The summed E-state index contributed by atoms with van der Waals surface area (Å²) in [5.74, 6) is 1.77. The third-order valence-corrected chi connectivity index (χ3v) is 7.49. The van der Waals surface area contributed by atoms with Crippen LogP contribution >= 0.6 is 39.0 Å². The number of thiazole rings is 1. The zero-order valence-corrected chi connectivity index (χ0v) is 13.3. The Balaban J connectivity index is 2.30. The first kappa shape index (κ1) is 13.6. The molecule has 1 aliphatic rings. The van der Waals surface area contributed by atoms with E-state index in [0.717, 1.165) is 22.0 Å². The highest BCUT2D eigenvalue weighted by Crippen LogP contribution is 2.31. The summed E-state index contributed by atoms with van der Waals surface area (Å²) in [4.78, 5) is 6.24. The Hall–Kier alpha value is 0.210. The Kier molecular flexibility index (Phi) is 4.38. The predicted molar refractivity (Wildman–Crippen MR) is 77.7 cm³/mol. The quantitative estimate of drug-likeness (QED) is 0.830. The van der Waals surface area contributed by atoms with Crippen molar-refractivity contribution in [1.82, 2.24) is 4.98 Å². The molecule has 1 unspecified atom stereocenters. The fourth-order valence-corrected chi connectivity index (χ4v) is 6.03. The molecule has 0 bridgehead atoms. The zero-order valence-electron chi connectivity index (χ0n) is 9.30. The second-order valence-corrected chi connectivity index (χ2v) is 8.87. The summed E-state index contributed by atoms with van der Waals surface area (Å²) in [7, 11) is -3.05. The van der Waals surface area contributed by atoms with Gasteiger partial charge in [0.25, 0.3) is 0 Å². The maximum Gasteiger partial charge on any atom is 0.187 e. The van der Waals surface area contributed by atoms with Crippen LogP contribution < -0.4 is 4.90 Å². The van der Waals surface area contributed by atoms with E-state index in [1.165, 1.54) is 11.3 Å². The van der Waals surface area contributed by atoms with Crippen LogP contribution in [0.15, 0.2) is 9.98 Å². The molecule has 4 nitrogen and oxygen atoms in total. The van der Waals surface area contributed by atoms with Crippen LogP contribution in [-0.2, 0) is 9.84 Å². The minimum Gasteiger partial charge on any atom is -0.329 e. The van der Waals surface area contributed by atoms with Gasteiger partial charge in [0.1, 0.15) is 9.98 Å². The average molecular weight is 357 g/mol. The van der Waals surface area contributed by atoms with Gasteiger partial charge in [0.05, 0.1) is 0 Å². The van der Waals surface area contributed by atoms with Gasteiger partial charge in [0.2, 0.25) is 0 Å². The maximum absolute atomic E-state index is 12.1. The molecule has 2 rings (SSSR count). The van der Waals surface area contributed by atoms with Crippen molar-refractivity contribution >= 4 is 54.0 Å². The highest BCUT2D eigenvalue weighted by Gasteiger charge is 2.34. The van der Waals surface area contributed by atoms with Crippen molar-refractivity contribution in [3.63, 3.8) is 0 Å². The molecule has 0 radical (unpaired) electrons. The molecule has 0 amide bonds. The molecule has 1 aromatic rings. The van der Waals surface area contributed by atoms with Gasteiger partial charge in [-0.15, -0.1) is 11.3 Å². The lowest BCUT2D eigenvalue weighted by Gasteiger charge is -2.34. The molecule has 0 spiro atoms. The predicted octanol–water partition coefficient (Wildman–Crippen LogP) is 2.22. The fraction of sp³-hybridized carbons (Fsp3) is 0.667. The largest absolute Gasteiger partial charge is 0.329 e. The molecule has 17 heavy (non-hydrogen) atoms. The van der Waals surface area contributed by atoms with Gasteiger partial charge in [-0.25, -0.2) is 13.4 Å². The van der Waals surface area contributed by atoms with Crippen LogP contribution in [0.25, 0.3) is 0 Å². The smallest absolute Gasteiger partial charge is 0.187 e. The summed E-state index contributed by atoms with van der Waals surface area (Å²) in [5, 5.41) is 2.25. The molecule has 0 N–H and O–H groups in total. The molecule has 8 heteroatoms. The van der Waals surface area contributed by atoms with Crippen molar-refractivity contribution in [2.45, 2.75) is 12.3 Å². The lowest BCUT2D eigenvalue weighted by atomic mass is 10.5. The Labute approximate surface area is 118 Å². The molecule has 1 fully saturated rings. The van der Waals surface area contributed by atoms with Crippen LogP contribution in [0.4, 0.5) is 5.13 Å². The third-order valence-electron chi connectivity index (χ3n) is 2.61. The number of rotatable bonds is 3. The van der Waals surface area contributed by atoms with E-state index in [1.807, 2.05) is 10.3 Å². The van der Waals surface area contributed by atoms with E-state index < -0.39 is 15.2 Å². The summed E-state index contributed by atoms with van der Waals surface area (Å²) in [6.07, 6.45) is 0. The average Bonchev–Trinajstić information content (AvgIpc) is 2.76. The topological polar surface area (TPSA) is 50.3 Å². The first-order valence-corrected chi connectivity index (χ1v) is 9.76. The van der Waals surface area contributed by atoms with Crippen LogP contribution in [0.1, 0.15) is 6.92 Å². The van der Waals surface area contributed by atoms with Crippen molar-refractivity contribution in [1.29, 1.82) is 0 Å². The summed E-state index contributed by atoms with van der Waals surface area (Å²) in [6.45, 7) is 2.44. The molecular weight excluding hydrogens is 344 g/mol. The lowest BCUT2D eigenvalue weighted by molar-refractivity contribution is 0.579. The maximum atomic E-state index is 12.1. The summed E-state index contributed by atoms with van der Waals surface area (Å²) in [6, 6.07) is 0. The number of halogens is 1. The van der Waals surface area contributed by atoms with Gasteiger partial charge in [-0.2, -0.15) is 11.8 Å². The number of sulfone groups is 1. The Morgan fingerprint density at radius 3 is 3.00 bits per heavy atom. The van der Waals surface area contributed by atoms with Gasteiger partial charge in [-0.3, -0.25) is 0 Å². The Bertz CT molecular complexity index is 488. The van der Waals surface area contributed by atoms with E-state index in [1.54, 1.807) is 18.7 Å². The van der Waals surface area contributed by atoms with E-state index >= 15 is 0 Å². The van der Waals surface area contributed by atoms with Crippen LogP contribution in [0.3, 0.4) is 0 Å². The standard InChI is InChI=1S/C9H13BrN2O2S3/c1-2-17(13,14)8-6-15-4-3-12(8)9-11-7(10)5-16-9/h5,8H,2-4,6H2,1H3. The highest BCUT2D eigenvalue weighted by molar-refractivity contribution is 9.10. The normalized spacial score (nSPS) is 21.8. The van der Waals surface area contributed by atoms with E-state index in [0.29, 0.717) is 5.75 Å². The monoisotopic (exact) mass is 356 g/mol. The van der Waals surface area contributed by atoms with Crippen LogP contribution in [0.2, 0.25) is 0 Å². The SMILES string of the molecule is CCS(=O)(=O)C1CSCCN1c1nc(Br)cs1. The molecule has 96 valence electrons. The number of anilines is 1. The molecule has 1 atom stereocenters. The first-order chi connectivity index (χ1) is 8.04. The van der Waals surface area contributed by atoms with Crippen molar-refractivity contribution < 1.29 is 8.42 Å². The van der Waals surface area contributed by atoms with Gasteiger partial charge in [-0.1, -0.05) is 6.92 Å². The summed E-state index contributed by atoms with van der Waals surface area (Å²) < 4.78 is 24.9. The summed E-state index contributed by atoms with van der Waals surface area (Å²) >= 11 is 6.48. The minimum atomic E-state index is -3.05. The second kappa shape index (κ2) is 5.46. The van der Waals surface area contributed by atoms with Crippen molar-refractivity contribution in [3.05, 3.63) is 9.98 Å². The van der Waals surface area contributed by atoms with Crippen LogP contribution in [0.5, 0.6) is 0 Å². The number of nitrogens with zero attached hydrogens (tertiary/aromatic N) is 2. The molecule has 0 aromatic carbocycles. The highest BCUT2D eigenvalue weighted by atomic mass is 79.9. The molecule has 1 aromatic heterocycles. The molecular formula is C9H13BrN2O2S3. The number of aromatic nitrogens is 1. The Morgan fingerprint density at radius 1 is 1.65 bits per heavy atom. The molecule has 1 aliphatic heterocycles. The van der Waals surface area contributed by atoms with Crippen molar-refractivity contribution in [3.8, 4) is 0 Å². The van der Waals surface area contributed by atoms with Gasteiger partial charge in [-0.05, 0) is 15.9 Å². The van der Waals surface area contributed by atoms with Crippen molar-refractivity contribution in [2.75, 3.05) is 28.7 Å². The lowest BCUT2D eigenvalue weighted by Crippen LogP contribution is -2.47. The minimum absolute atomic E-state index is 0.182. The second-order valence-electron chi connectivity index (χ2n) is 3.63. The molecule has 0 aliphatic carbocycles. The van der Waals surface area contributed by atoms with E-state index in [-0.39, 0.29) is 5.75 Å². The van der Waals surface area contributed by atoms with Gasteiger partial charge in [0.15, 0.2) is 15.0 Å². The summed E-state index contributed by atoms with van der Waals surface area (Å²) in [5.41, 5.74) is 0. The number of hydrogen-bond acceptors (Lipinski definition) is 6. The fourth-order valence-electron chi connectivity index (χ4n) is 1.67. The molecule has 2 heterocycles. The molecule has 1 saturated heterocycles. The number of thioether (sulfide) groups is 1. The third kappa shape index (κ3) is 2.97. The van der Waals surface area contributed by atoms with Crippen molar-refractivity contribution in [2.24, 2.45) is 0 Å². The van der Waals surface area contributed by atoms with Gasteiger partial charge >= 0.3 is 0 Å². The first-order valence-electron chi connectivity index (χ1n) is 5.21. The van der Waals surface area contributed by atoms with Gasteiger partial charge in [0, 0.05) is 29.2 Å². The number of hydrogen-bond donors (Lipinski definition) is 0. The van der Waals surface area contributed by atoms with E-state index in [9.17, 15) is 8.42 Å². The Morgan fingerprint density at radius 2 is 2.41 bits per heavy atom. The van der Waals surface area contributed by atoms with E-state index in [2.05, 4.69) is 20.9 Å². The van der Waals surface area contributed by atoms with Crippen LogP contribution in [-0.4, -0.2) is 42.6 Å².